The van der Waals surface area contributed by atoms with E-state index >= 15 is 0 Å². The van der Waals surface area contributed by atoms with E-state index in [4.69, 9.17) is 5.73 Å². The summed E-state index contributed by atoms with van der Waals surface area (Å²) in [5.74, 6) is -0.654. The van der Waals surface area contributed by atoms with Crippen molar-refractivity contribution in [2.75, 3.05) is 6.54 Å². The van der Waals surface area contributed by atoms with E-state index in [-0.39, 0.29) is 6.54 Å². The Hall–Kier alpha value is -1.30. The van der Waals surface area contributed by atoms with E-state index in [0.29, 0.717) is 0 Å². The highest BCUT2D eigenvalue weighted by Gasteiger charge is 2.09. The quantitative estimate of drug-likeness (QED) is 0.406. The van der Waals surface area contributed by atoms with Crippen LogP contribution in [0.1, 0.15) is 6.92 Å². The minimum atomic E-state index is -0.998. The Bertz CT molecular complexity index is 159. The van der Waals surface area contributed by atoms with Gasteiger partial charge in [-0.05, 0) is 0 Å². The van der Waals surface area contributed by atoms with Gasteiger partial charge in [0.05, 0.1) is 6.54 Å². The lowest BCUT2D eigenvalue weighted by Gasteiger charge is -2.10. The van der Waals surface area contributed by atoms with Crippen molar-refractivity contribution in [2.24, 2.45) is 11.5 Å². The zero-order chi connectivity index (χ0) is 8.85. The molecule has 0 radical (unpaired) electrons. The lowest BCUT2D eigenvalue weighted by atomic mass is 10.6. The number of primary amides is 1. The van der Waals surface area contributed by atoms with Crippen LogP contribution in [0.4, 0.5) is 4.79 Å². The first-order valence-corrected chi connectivity index (χ1v) is 2.92. The van der Waals surface area contributed by atoms with E-state index in [0.717, 1.165) is 0 Å². The van der Waals surface area contributed by atoms with Gasteiger partial charge in [0.15, 0.2) is 0 Å². The molecule has 0 heterocycles. The molecule has 1 amide bonds. The van der Waals surface area contributed by atoms with Crippen LogP contribution < -0.4 is 11.5 Å². The number of amides is 1. The molecule has 0 aromatic heterocycles. The van der Waals surface area contributed by atoms with Gasteiger partial charge in [-0.3, -0.25) is 4.79 Å². The lowest BCUT2D eigenvalue weighted by molar-refractivity contribution is -0.162. The highest BCUT2D eigenvalue weighted by molar-refractivity contribution is 5.71. The summed E-state index contributed by atoms with van der Waals surface area (Å²) in [6.07, 6.45) is -1.98. The Morgan fingerprint density at radius 2 is 2.00 bits per heavy atom. The van der Waals surface area contributed by atoms with E-state index in [2.05, 4.69) is 15.2 Å². The number of nitrogens with two attached hydrogens (primary N) is 2. The average Bonchev–Trinajstić information content (AvgIpc) is 1.85. The second-order valence-electron chi connectivity index (χ2n) is 1.70. The zero-order valence-electron chi connectivity index (χ0n) is 6.07. The fraction of sp³-hybridized carbons (Fsp3) is 0.600. The third-order valence-electron chi connectivity index (χ3n) is 0.746. The summed E-state index contributed by atoms with van der Waals surface area (Å²) < 4.78 is 8.69. The number of ether oxygens (including phenoxy) is 2. The van der Waals surface area contributed by atoms with Crippen LogP contribution >= 0.6 is 0 Å². The van der Waals surface area contributed by atoms with Crippen molar-refractivity contribution < 1.29 is 19.1 Å². The molecule has 64 valence electrons. The van der Waals surface area contributed by atoms with E-state index < -0.39 is 18.4 Å². The molecule has 0 saturated heterocycles. The molecule has 11 heavy (non-hydrogen) atoms. The zero-order valence-corrected chi connectivity index (χ0v) is 6.07. The summed E-state index contributed by atoms with van der Waals surface area (Å²) in [6.45, 7) is 1.10. The predicted molar refractivity (Wildman–Crippen MR) is 35.3 cm³/mol. The first-order chi connectivity index (χ1) is 5.06. The topological polar surface area (TPSA) is 105 Å². The maximum absolute atomic E-state index is 10.4. The number of esters is 1. The molecular weight excluding hydrogens is 152 g/mol. The molecule has 0 aliphatic carbocycles. The fourth-order valence-electron chi connectivity index (χ4n) is 0.421. The Morgan fingerprint density at radius 3 is 2.36 bits per heavy atom. The molecular formula is C5H10N2O4. The minimum absolute atomic E-state index is 0.257. The van der Waals surface area contributed by atoms with Crippen molar-refractivity contribution in [1.29, 1.82) is 0 Å². The molecule has 6 nitrogen and oxygen atoms in total. The molecule has 0 rings (SSSR count). The Morgan fingerprint density at radius 1 is 1.45 bits per heavy atom. The van der Waals surface area contributed by atoms with Crippen LogP contribution in [0, 0.1) is 0 Å². The van der Waals surface area contributed by atoms with Crippen LogP contribution in [0.3, 0.4) is 0 Å². The van der Waals surface area contributed by atoms with Crippen molar-refractivity contribution in [3.05, 3.63) is 0 Å². The van der Waals surface area contributed by atoms with Crippen LogP contribution in [0.25, 0.3) is 0 Å². The van der Waals surface area contributed by atoms with Gasteiger partial charge in [-0.2, -0.15) is 0 Å². The monoisotopic (exact) mass is 162 g/mol. The SMILES string of the molecule is CC(OC(N)=O)OC(=O)CN. The van der Waals surface area contributed by atoms with Gasteiger partial charge in [0.1, 0.15) is 0 Å². The van der Waals surface area contributed by atoms with Gasteiger partial charge in [0.2, 0.25) is 6.29 Å². The summed E-state index contributed by atoms with van der Waals surface area (Å²) in [4.78, 5) is 20.5. The van der Waals surface area contributed by atoms with Crippen molar-refractivity contribution in [1.82, 2.24) is 0 Å². The highest BCUT2D eigenvalue weighted by Crippen LogP contribution is 1.92. The molecule has 1 unspecified atom stereocenters. The third-order valence-corrected chi connectivity index (χ3v) is 0.746. The van der Waals surface area contributed by atoms with E-state index in [1.54, 1.807) is 0 Å². The minimum Gasteiger partial charge on any atom is -0.424 e. The summed E-state index contributed by atoms with van der Waals surface area (Å²) in [6, 6.07) is 0. The van der Waals surface area contributed by atoms with E-state index in [1.165, 1.54) is 6.92 Å². The Labute approximate surface area is 63.4 Å². The normalized spacial score (nSPS) is 11.8. The first kappa shape index (κ1) is 9.70. The van der Waals surface area contributed by atoms with Crippen LogP contribution in [-0.4, -0.2) is 24.9 Å². The largest absolute Gasteiger partial charge is 0.424 e. The first-order valence-electron chi connectivity index (χ1n) is 2.92. The predicted octanol–water partition coefficient (Wildman–Crippen LogP) is -1.07. The molecule has 0 bridgehead atoms. The Kier molecular flexibility index (Phi) is 3.97. The summed E-state index contributed by atoms with van der Waals surface area (Å²) in [5.41, 5.74) is 9.53. The number of carbonyl (C=O) groups is 2. The van der Waals surface area contributed by atoms with Gasteiger partial charge >= 0.3 is 12.1 Å². The number of hydrogen-bond donors (Lipinski definition) is 2. The molecule has 0 aromatic carbocycles. The lowest BCUT2D eigenvalue weighted by Crippen LogP contribution is -2.27. The molecule has 0 fully saturated rings. The van der Waals surface area contributed by atoms with Gasteiger partial charge in [-0.15, -0.1) is 0 Å². The molecule has 6 heteroatoms. The Balaban J connectivity index is 3.60. The highest BCUT2D eigenvalue weighted by atomic mass is 16.7. The maximum atomic E-state index is 10.4. The smallest absolute Gasteiger partial charge is 0.407 e. The molecule has 1 atom stereocenters. The maximum Gasteiger partial charge on any atom is 0.407 e. The van der Waals surface area contributed by atoms with E-state index in [1.807, 2.05) is 0 Å². The molecule has 0 aliphatic heterocycles. The third kappa shape index (κ3) is 5.16. The molecule has 0 spiro atoms. The molecule has 4 N–H and O–H groups in total. The molecule has 0 aliphatic rings. The van der Waals surface area contributed by atoms with Crippen molar-refractivity contribution in [3.8, 4) is 0 Å². The van der Waals surface area contributed by atoms with E-state index in [9.17, 15) is 9.59 Å². The summed E-state index contributed by atoms with van der Waals surface area (Å²) in [7, 11) is 0. The van der Waals surface area contributed by atoms with Crippen LogP contribution in [0.5, 0.6) is 0 Å². The number of carbonyl (C=O) groups excluding carboxylic acids is 2. The fourth-order valence-corrected chi connectivity index (χ4v) is 0.421. The molecule has 0 saturated carbocycles. The second kappa shape index (κ2) is 4.51. The van der Waals surface area contributed by atoms with Crippen LogP contribution in [0.2, 0.25) is 0 Å². The van der Waals surface area contributed by atoms with Gasteiger partial charge in [-0.1, -0.05) is 0 Å². The average molecular weight is 162 g/mol. The van der Waals surface area contributed by atoms with Crippen molar-refractivity contribution >= 4 is 12.1 Å². The van der Waals surface area contributed by atoms with Gasteiger partial charge < -0.3 is 20.9 Å². The summed E-state index contributed by atoms with van der Waals surface area (Å²) >= 11 is 0. The van der Waals surface area contributed by atoms with Crippen LogP contribution in [0.15, 0.2) is 0 Å². The van der Waals surface area contributed by atoms with Crippen LogP contribution in [-0.2, 0) is 14.3 Å². The second-order valence-corrected chi connectivity index (χ2v) is 1.70. The summed E-state index contributed by atoms with van der Waals surface area (Å²) in [5, 5.41) is 0. The number of hydrogen-bond acceptors (Lipinski definition) is 5. The standard InChI is InChI=1S/C5H10N2O4/c1-3(11-5(7)9)10-4(8)2-6/h3H,2,6H2,1H3,(H2,7,9). The van der Waals surface area contributed by atoms with Crippen molar-refractivity contribution in [2.45, 2.75) is 13.2 Å². The van der Waals surface area contributed by atoms with Gasteiger partial charge in [0.25, 0.3) is 0 Å². The van der Waals surface area contributed by atoms with Crippen molar-refractivity contribution in [3.63, 3.8) is 0 Å². The molecule has 0 aromatic rings. The number of rotatable bonds is 3. The van der Waals surface area contributed by atoms with Gasteiger partial charge in [-0.25, -0.2) is 4.79 Å². The van der Waals surface area contributed by atoms with Gasteiger partial charge in [0, 0.05) is 6.92 Å².